The quantitative estimate of drug-likeness (QED) is 0.821. The molecule has 0 aromatic heterocycles. The first-order valence-corrected chi connectivity index (χ1v) is 7.20. The van der Waals surface area contributed by atoms with Gasteiger partial charge in [0.25, 0.3) is 0 Å². The van der Waals surface area contributed by atoms with Gasteiger partial charge in [-0.25, -0.2) is 0 Å². The largest absolute Gasteiger partial charge is 0.354 e. The number of benzene rings is 1. The molecule has 6 heteroatoms. The summed E-state index contributed by atoms with van der Waals surface area (Å²) in [6, 6.07) is 7.21. The molecule has 0 radical (unpaired) electrons. The highest BCUT2D eigenvalue weighted by Crippen LogP contribution is 2.24. The Morgan fingerprint density at radius 3 is 2.89 bits per heavy atom. The molecule has 0 unspecified atom stereocenters. The van der Waals surface area contributed by atoms with Gasteiger partial charge in [-0.3, -0.25) is 4.79 Å². The molecule has 0 heterocycles. The summed E-state index contributed by atoms with van der Waals surface area (Å²) in [4.78, 5) is 11.0. The van der Waals surface area contributed by atoms with Crippen molar-refractivity contribution in [2.45, 2.75) is 12.2 Å². The number of carbonyl (C=O) groups is 1. The molecule has 0 aliphatic rings. The van der Waals surface area contributed by atoms with Crippen LogP contribution in [0.2, 0.25) is 10.0 Å². The van der Waals surface area contributed by atoms with Crippen LogP contribution < -0.4 is 5.32 Å². The Kier molecular flexibility index (Phi) is 6.96. The van der Waals surface area contributed by atoms with E-state index in [1.54, 1.807) is 30.0 Å². The van der Waals surface area contributed by atoms with Gasteiger partial charge in [-0.2, -0.15) is 17.0 Å². The van der Waals surface area contributed by atoms with Crippen molar-refractivity contribution < 1.29 is 4.79 Å². The number of rotatable bonds is 6. The van der Waals surface area contributed by atoms with Gasteiger partial charge in [0.1, 0.15) is 6.42 Å². The molecule has 0 saturated carbocycles. The van der Waals surface area contributed by atoms with Gasteiger partial charge in [0, 0.05) is 28.1 Å². The van der Waals surface area contributed by atoms with Crippen LogP contribution in [0.3, 0.4) is 0 Å². The number of hydrogen-bond acceptors (Lipinski definition) is 3. The summed E-state index contributed by atoms with van der Waals surface area (Å²) in [6.45, 7) is 0.552. The van der Waals surface area contributed by atoms with E-state index in [9.17, 15) is 4.79 Å². The molecule has 0 fully saturated rings. The smallest absolute Gasteiger partial charge is 0.234 e. The number of hydrogen-bond donors (Lipinski definition) is 1. The summed E-state index contributed by atoms with van der Waals surface area (Å²) in [5.74, 6) is 1.31. The first-order valence-electron chi connectivity index (χ1n) is 5.29. The Balaban J connectivity index is 2.22. The molecule has 1 rings (SSSR count). The first kappa shape index (κ1) is 15.2. The molecule has 1 amide bonds. The van der Waals surface area contributed by atoms with Crippen LogP contribution in [0, 0.1) is 11.3 Å². The molecule has 0 atom stereocenters. The van der Waals surface area contributed by atoms with Crippen molar-refractivity contribution in [1.29, 1.82) is 5.26 Å². The van der Waals surface area contributed by atoms with E-state index >= 15 is 0 Å². The zero-order valence-corrected chi connectivity index (χ0v) is 11.9. The normalized spacial score (nSPS) is 9.83. The van der Waals surface area contributed by atoms with E-state index < -0.39 is 0 Å². The molecule has 0 bridgehead atoms. The Bertz CT molecular complexity index is 460. The van der Waals surface area contributed by atoms with Gasteiger partial charge in [-0.05, 0) is 17.7 Å². The van der Waals surface area contributed by atoms with Gasteiger partial charge in [0.05, 0.1) is 6.07 Å². The molecular weight excluding hydrogens is 291 g/mol. The fourth-order valence-corrected chi connectivity index (χ4v) is 2.63. The predicted octanol–water partition coefficient (Wildman–Crippen LogP) is 3.26. The second-order valence-electron chi connectivity index (χ2n) is 3.47. The maximum absolute atomic E-state index is 11.0. The third kappa shape index (κ3) is 5.63. The molecule has 0 aliphatic heterocycles. The first-order chi connectivity index (χ1) is 8.63. The molecular formula is C12H12Cl2N2OS. The lowest BCUT2D eigenvalue weighted by Crippen LogP contribution is -2.24. The minimum atomic E-state index is -0.234. The van der Waals surface area contributed by atoms with Gasteiger partial charge < -0.3 is 5.32 Å². The molecule has 1 N–H and O–H groups in total. The highest BCUT2D eigenvalue weighted by Gasteiger charge is 2.02. The third-order valence-electron chi connectivity index (χ3n) is 2.08. The third-order valence-corrected chi connectivity index (χ3v) is 3.68. The molecule has 1 aromatic rings. The summed E-state index contributed by atoms with van der Waals surface area (Å²) in [5.41, 5.74) is 1.02. The lowest BCUT2D eigenvalue weighted by atomic mass is 10.2. The Morgan fingerprint density at radius 1 is 1.44 bits per heavy atom. The van der Waals surface area contributed by atoms with E-state index in [2.05, 4.69) is 5.32 Å². The molecule has 3 nitrogen and oxygen atoms in total. The van der Waals surface area contributed by atoms with Gasteiger partial charge in [-0.1, -0.05) is 29.3 Å². The van der Waals surface area contributed by atoms with Gasteiger partial charge in [0.15, 0.2) is 0 Å². The van der Waals surface area contributed by atoms with Crippen LogP contribution in [0.1, 0.15) is 12.0 Å². The lowest BCUT2D eigenvalue weighted by molar-refractivity contribution is -0.119. The van der Waals surface area contributed by atoms with Crippen LogP contribution in [-0.4, -0.2) is 18.2 Å². The van der Waals surface area contributed by atoms with E-state index in [1.165, 1.54) is 0 Å². The minimum absolute atomic E-state index is 0.0896. The number of amides is 1. The minimum Gasteiger partial charge on any atom is -0.354 e. The predicted molar refractivity (Wildman–Crippen MR) is 75.9 cm³/mol. The highest BCUT2D eigenvalue weighted by atomic mass is 35.5. The van der Waals surface area contributed by atoms with Crippen LogP contribution in [0.15, 0.2) is 18.2 Å². The van der Waals surface area contributed by atoms with Crippen LogP contribution in [-0.2, 0) is 10.5 Å². The van der Waals surface area contributed by atoms with Crippen molar-refractivity contribution >= 4 is 40.9 Å². The number of halogens is 2. The highest BCUT2D eigenvalue weighted by molar-refractivity contribution is 7.98. The van der Waals surface area contributed by atoms with E-state index in [0.717, 1.165) is 17.1 Å². The average Bonchev–Trinajstić information content (AvgIpc) is 2.31. The van der Waals surface area contributed by atoms with Gasteiger partial charge >= 0.3 is 0 Å². The summed E-state index contributed by atoms with van der Waals surface area (Å²) in [5, 5.41) is 12.2. The summed E-state index contributed by atoms with van der Waals surface area (Å²) in [6.07, 6.45) is -0.0896. The Hall–Kier alpha value is -0.890. The number of nitriles is 1. The van der Waals surface area contributed by atoms with Crippen molar-refractivity contribution in [3.8, 4) is 6.07 Å². The van der Waals surface area contributed by atoms with E-state index in [4.69, 9.17) is 28.5 Å². The lowest BCUT2D eigenvalue weighted by Gasteiger charge is -2.05. The number of nitrogens with zero attached hydrogens (tertiary/aromatic N) is 1. The van der Waals surface area contributed by atoms with Crippen molar-refractivity contribution in [1.82, 2.24) is 5.32 Å². The monoisotopic (exact) mass is 302 g/mol. The topological polar surface area (TPSA) is 52.9 Å². The standard InChI is InChI=1S/C12H12Cl2N2OS/c13-10-2-1-9(11(14)7-10)8-18-6-5-16-12(17)3-4-15/h1-2,7H,3,5-6,8H2,(H,16,17). The van der Waals surface area contributed by atoms with Crippen LogP contribution in [0.25, 0.3) is 0 Å². The Morgan fingerprint density at radius 2 is 2.22 bits per heavy atom. The molecule has 18 heavy (non-hydrogen) atoms. The van der Waals surface area contributed by atoms with Crippen LogP contribution in [0.5, 0.6) is 0 Å². The molecule has 0 saturated heterocycles. The fourth-order valence-electron chi connectivity index (χ4n) is 1.22. The van der Waals surface area contributed by atoms with E-state index in [-0.39, 0.29) is 12.3 Å². The molecule has 0 aliphatic carbocycles. The zero-order valence-electron chi connectivity index (χ0n) is 9.58. The van der Waals surface area contributed by atoms with Gasteiger partial charge in [0.2, 0.25) is 5.91 Å². The van der Waals surface area contributed by atoms with Crippen molar-refractivity contribution in [3.05, 3.63) is 33.8 Å². The molecule has 0 spiro atoms. The second-order valence-corrected chi connectivity index (χ2v) is 5.42. The molecule has 96 valence electrons. The molecule has 1 aromatic carbocycles. The fraction of sp³-hybridized carbons (Fsp3) is 0.333. The Labute approximate surface area is 120 Å². The zero-order chi connectivity index (χ0) is 13.4. The number of nitrogens with one attached hydrogen (secondary N) is 1. The van der Waals surface area contributed by atoms with Crippen LogP contribution >= 0.6 is 35.0 Å². The summed E-state index contributed by atoms with van der Waals surface area (Å²) < 4.78 is 0. The number of carbonyl (C=O) groups excluding carboxylic acids is 1. The van der Waals surface area contributed by atoms with E-state index in [1.807, 2.05) is 6.07 Å². The van der Waals surface area contributed by atoms with Crippen molar-refractivity contribution in [3.63, 3.8) is 0 Å². The number of thioether (sulfide) groups is 1. The van der Waals surface area contributed by atoms with Crippen LogP contribution in [0.4, 0.5) is 0 Å². The van der Waals surface area contributed by atoms with Gasteiger partial charge in [-0.15, -0.1) is 0 Å². The van der Waals surface area contributed by atoms with Crippen molar-refractivity contribution in [2.24, 2.45) is 0 Å². The second kappa shape index (κ2) is 8.25. The summed E-state index contributed by atoms with van der Waals surface area (Å²) >= 11 is 13.5. The maximum atomic E-state index is 11.0. The van der Waals surface area contributed by atoms with E-state index in [0.29, 0.717) is 16.6 Å². The summed E-state index contributed by atoms with van der Waals surface area (Å²) in [7, 11) is 0. The SMILES string of the molecule is N#CCC(=O)NCCSCc1ccc(Cl)cc1Cl. The maximum Gasteiger partial charge on any atom is 0.234 e. The average molecular weight is 303 g/mol. The van der Waals surface area contributed by atoms with Crippen molar-refractivity contribution in [2.75, 3.05) is 12.3 Å².